The van der Waals surface area contributed by atoms with Crippen molar-refractivity contribution in [3.8, 4) is 0 Å². The fourth-order valence-corrected chi connectivity index (χ4v) is 3.62. The minimum Gasteiger partial charge on any atom is -0.333 e. The Balaban J connectivity index is 1.68. The number of hydrogen-bond donors (Lipinski definition) is 1. The van der Waals surface area contributed by atoms with E-state index in [2.05, 4.69) is 15.3 Å². The van der Waals surface area contributed by atoms with Crippen molar-refractivity contribution in [1.82, 2.24) is 24.9 Å². The van der Waals surface area contributed by atoms with Crippen LogP contribution >= 0.6 is 11.3 Å². The molecular weight excluding hydrogens is 312 g/mol. The summed E-state index contributed by atoms with van der Waals surface area (Å²) in [6.45, 7) is 1.98. The van der Waals surface area contributed by atoms with Gasteiger partial charge in [0, 0.05) is 24.2 Å². The maximum absolute atomic E-state index is 12.6. The van der Waals surface area contributed by atoms with E-state index in [1.807, 2.05) is 11.6 Å². The molecule has 3 rings (SSSR count). The molecule has 0 spiro atoms. The molecular formula is C15H22N6OS. The third kappa shape index (κ3) is 3.42. The Morgan fingerprint density at radius 1 is 1.43 bits per heavy atom. The monoisotopic (exact) mass is 334 g/mol. The van der Waals surface area contributed by atoms with E-state index in [1.165, 1.54) is 0 Å². The van der Waals surface area contributed by atoms with Crippen LogP contribution in [0.15, 0.2) is 17.9 Å². The van der Waals surface area contributed by atoms with Crippen LogP contribution in [0.3, 0.4) is 0 Å². The smallest absolute Gasteiger partial charge is 0.276 e. The summed E-state index contributed by atoms with van der Waals surface area (Å²) < 4.78 is 1.82. The van der Waals surface area contributed by atoms with E-state index in [-0.39, 0.29) is 11.9 Å². The Morgan fingerprint density at radius 3 is 2.83 bits per heavy atom. The van der Waals surface area contributed by atoms with Crippen LogP contribution in [0.5, 0.6) is 0 Å². The van der Waals surface area contributed by atoms with E-state index in [1.54, 1.807) is 41.2 Å². The van der Waals surface area contributed by atoms with Crippen LogP contribution in [0.4, 0.5) is 0 Å². The third-order valence-electron chi connectivity index (χ3n) is 4.61. The Kier molecular flexibility index (Phi) is 4.72. The number of aromatic nitrogens is 4. The minimum atomic E-state index is -0.121. The topological polar surface area (TPSA) is 89.9 Å². The van der Waals surface area contributed by atoms with E-state index in [0.29, 0.717) is 17.8 Å². The predicted molar refractivity (Wildman–Crippen MR) is 88.1 cm³/mol. The van der Waals surface area contributed by atoms with Crippen LogP contribution in [-0.2, 0) is 0 Å². The van der Waals surface area contributed by atoms with Crippen LogP contribution in [0.1, 0.15) is 60.1 Å². The molecule has 0 unspecified atom stereocenters. The van der Waals surface area contributed by atoms with Gasteiger partial charge in [-0.05, 0) is 32.6 Å². The highest BCUT2D eigenvalue weighted by Crippen LogP contribution is 2.27. The molecule has 0 radical (unpaired) electrons. The molecule has 2 heterocycles. The standard InChI is InChI=1S/C15H22N6OS/c1-10(14-7-17-9-23-14)20(2)15(22)13-8-21(19-18-13)12-5-3-11(16)4-6-12/h7-12H,3-6,16H2,1-2H3/t10-,11?,12?/m1/s1. The lowest BCUT2D eigenvalue weighted by molar-refractivity contribution is 0.0738. The largest absolute Gasteiger partial charge is 0.333 e. The van der Waals surface area contributed by atoms with Gasteiger partial charge in [-0.2, -0.15) is 0 Å². The highest BCUT2D eigenvalue weighted by molar-refractivity contribution is 7.09. The lowest BCUT2D eigenvalue weighted by atomic mass is 9.92. The van der Waals surface area contributed by atoms with Gasteiger partial charge < -0.3 is 10.6 Å². The summed E-state index contributed by atoms with van der Waals surface area (Å²) in [6, 6.07) is 0.558. The maximum Gasteiger partial charge on any atom is 0.276 e. The van der Waals surface area contributed by atoms with E-state index in [9.17, 15) is 4.79 Å². The molecule has 0 aliphatic heterocycles. The number of amides is 1. The zero-order chi connectivity index (χ0) is 16.4. The van der Waals surface area contributed by atoms with Crippen molar-refractivity contribution in [3.05, 3.63) is 28.5 Å². The Morgan fingerprint density at radius 2 is 2.17 bits per heavy atom. The van der Waals surface area contributed by atoms with Crippen molar-refractivity contribution < 1.29 is 4.79 Å². The first kappa shape index (κ1) is 16.1. The Labute approximate surface area is 139 Å². The van der Waals surface area contributed by atoms with E-state index >= 15 is 0 Å². The third-order valence-corrected chi connectivity index (χ3v) is 5.56. The van der Waals surface area contributed by atoms with Crippen LogP contribution in [0.25, 0.3) is 0 Å². The van der Waals surface area contributed by atoms with Gasteiger partial charge in [0.05, 0.1) is 23.8 Å². The van der Waals surface area contributed by atoms with Crippen molar-refractivity contribution in [3.63, 3.8) is 0 Å². The van der Waals surface area contributed by atoms with Gasteiger partial charge in [-0.15, -0.1) is 16.4 Å². The van der Waals surface area contributed by atoms with Crippen molar-refractivity contribution in [2.75, 3.05) is 7.05 Å². The molecule has 0 saturated heterocycles. The fourth-order valence-electron chi connectivity index (χ4n) is 2.90. The number of nitrogens with zero attached hydrogens (tertiary/aromatic N) is 5. The first-order chi connectivity index (χ1) is 11.1. The summed E-state index contributed by atoms with van der Waals surface area (Å²) >= 11 is 1.54. The quantitative estimate of drug-likeness (QED) is 0.924. The van der Waals surface area contributed by atoms with Gasteiger partial charge in [0.1, 0.15) is 0 Å². The predicted octanol–water partition coefficient (Wildman–Crippen LogP) is 2.01. The maximum atomic E-state index is 12.6. The fraction of sp³-hybridized carbons (Fsp3) is 0.600. The first-order valence-electron chi connectivity index (χ1n) is 7.89. The van der Waals surface area contributed by atoms with Gasteiger partial charge >= 0.3 is 0 Å². The molecule has 0 bridgehead atoms. The molecule has 1 atom stereocenters. The molecule has 1 saturated carbocycles. The number of hydrogen-bond acceptors (Lipinski definition) is 6. The summed E-state index contributed by atoms with van der Waals surface area (Å²) in [5.41, 5.74) is 8.10. The second kappa shape index (κ2) is 6.76. The first-order valence-corrected chi connectivity index (χ1v) is 8.77. The summed E-state index contributed by atoms with van der Waals surface area (Å²) in [4.78, 5) is 19.4. The molecule has 7 nitrogen and oxygen atoms in total. The van der Waals surface area contributed by atoms with Crippen molar-refractivity contribution in [1.29, 1.82) is 0 Å². The minimum absolute atomic E-state index is 0.0344. The molecule has 2 aromatic heterocycles. The molecule has 23 heavy (non-hydrogen) atoms. The van der Waals surface area contributed by atoms with Crippen LogP contribution in [0, 0.1) is 0 Å². The van der Waals surface area contributed by atoms with E-state index in [4.69, 9.17) is 5.73 Å². The number of rotatable bonds is 4. The highest BCUT2D eigenvalue weighted by atomic mass is 32.1. The van der Waals surface area contributed by atoms with Crippen LogP contribution in [0.2, 0.25) is 0 Å². The molecule has 1 aliphatic carbocycles. The lowest BCUT2D eigenvalue weighted by Crippen LogP contribution is -2.29. The number of nitrogens with two attached hydrogens (primary N) is 1. The van der Waals surface area contributed by atoms with Gasteiger partial charge in [0.15, 0.2) is 5.69 Å². The van der Waals surface area contributed by atoms with Crippen molar-refractivity contribution in [2.45, 2.75) is 50.7 Å². The normalized spacial score (nSPS) is 22.7. The van der Waals surface area contributed by atoms with E-state index < -0.39 is 0 Å². The molecule has 2 aromatic rings. The summed E-state index contributed by atoms with van der Waals surface area (Å²) in [7, 11) is 1.78. The van der Waals surface area contributed by atoms with Crippen LogP contribution < -0.4 is 5.73 Å². The molecule has 2 N–H and O–H groups in total. The van der Waals surface area contributed by atoms with Crippen LogP contribution in [-0.4, -0.2) is 43.9 Å². The van der Waals surface area contributed by atoms with E-state index in [0.717, 1.165) is 30.6 Å². The second-order valence-electron chi connectivity index (χ2n) is 6.15. The average Bonchev–Trinajstić information content (AvgIpc) is 3.25. The summed E-state index contributed by atoms with van der Waals surface area (Å²) in [5.74, 6) is -0.121. The van der Waals surface area contributed by atoms with Crippen molar-refractivity contribution in [2.24, 2.45) is 5.73 Å². The number of carbonyl (C=O) groups excluding carboxylic acids is 1. The zero-order valence-corrected chi connectivity index (χ0v) is 14.2. The summed E-state index contributed by atoms with van der Waals surface area (Å²) in [6.07, 6.45) is 7.53. The van der Waals surface area contributed by atoms with Crippen molar-refractivity contribution >= 4 is 17.2 Å². The molecule has 1 fully saturated rings. The number of carbonyl (C=O) groups is 1. The van der Waals surface area contributed by atoms with Gasteiger partial charge in [0.2, 0.25) is 0 Å². The lowest BCUT2D eigenvalue weighted by Gasteiger charge is -2.25. The molecule has 1 amide bonds. The molecule has 0 aromatic carbocycles. The Hall–Kier alpha value is -1.80. The van der Waals surface area contributed by atoms with Gasteiger partial charge in [0.25, 0.3) is 5.91 Å². The Bertz CT molecular complexity index is 647. The molecule has 1 aliphatic rings. The summed E-state index contributed by atoms with van der Waals surface area (Å²) in [5, 5.41) is 8.23. The highest BCUT2D eigenvalue weighted by Gasteiger charge is 2.25. The molecule has 8 heteroatoms. The second-order valence-corrected chi connectivity index (χ2v) is 7.07. The zero-order valence-electron chi connectivity index (χ0n) is 13.4. The van der Waals surface area contributed by atoms with Gasteiger partial charge in [-0.25, -0.2) is 4.68 Å². The molecule has 124 valence electrons. The van der Waals surface area contributed by atoms with Gasteiger partial charge in [-0.3, -0.25) is 9.78 Å². The number of thiazole rings is 1. The average molecular weight is 334 g/mol. The SMILES string of the molecule is C[C@H](c1cncs1)N(C)C(=O)c1cn(C2CCC(N)CC2)nn1. The van der Waals surface area contributed by atoms with Gasteiger partial charge in [-0.1, -0.05) is 5.21 Å².